The lowest BCUT2D eigenvalue weighted by molar-refractivity contribution is -0.132. The topological polar surface area (TPSA) is 70.9 Å². The maximum absolute atomic E-state index is 11.4. The van der Waals surface area contributed by atoms with Crippen molar-refractivity contribution >= 4 is 12.7 Å². The summed E-state index contributed by atoms with van der Waals surface area (Å²) in [5.41, 5.74) is 3.56. The Hall–Kier alpha value is -2.56. The molecule has 150 valence electrons. The predicted molar refractivity (Wildman–Crippen MR) is 112 cm³/mol. The molecule has 0 bridgehead atoms. The molecular weight excluding hydrogens is 352 g/mol. The highest BCUT2D eigenvalue weighted by molar-refractivity contribution is 5.90. The van der Waals surface area contributed by atoms with Crippen molar-refractivity contribution in [3.8, 4) is 5.75 Å². The van der Waals surface area contributed by atoms with Crippen LogP contribution in [0.2, 0.25) is 0 Å². The summed E-state index contributed by atoms with van der Waals surface area (Å²) in [7, 11) is 0. The van der Waals surface area contributed by atoms with Crippen LogP contribution in [0.25, 0.3) is 0 Å². The van der Waals surface area contributed by atoms with E-state index >= 15 is 0 Å². The van der Waals surface area contributed by atoms with E-state index in [0.29, 0.717) is 18.2 Å². The van der Waals surface area contributed by atoms with E-state index in [0.717, 1.165) is 44.0 Å². The standard InChI is InChI=1S/C23H30N2O3/c1-16(21(23(26)27)10-12-24-2)25-15-19-5-3-4-18-14-20(8-9-22(18)19)28-13-11-17-6-7-17/h8-10,12,14,17,19,25H,2-7,11,13,15H2,1H3,(H,26,27)/b12-10-,21-16-/t19-/m1/s1. The molecule has 0 radical (unpaired) electrons. The van der Waals surface area contributed by atoms with Gasteiger partial charge in [-0.25, -0.2) is 4.79 Å². The summed E-state index contributed by atoms with van der Waals surface area (Å²) in [6, 6.07) is 6.46. The first-order chi connectivity index (χ1) is 13.6. The number of ether oxygens (including phenoxy) is 1. The molecule has 0 amide bonds. The third-order valence-electron chi connectivity index (χ3n) is 5.64. The number of fused-ring (bicyclic) bond motifs is 1. The average molecular weight is 383 g/mol. The number of hydrogen-bond acceptors (Lipinski definition) is 4. The Kier molecular flexibility index (Phi) is 6.90. The number of aliphatic imine (C=N–C) groups is 1. The number of benzene rings is 1. The van der Waals surface area contributed by atoms with Crippen LogP contribution < -0.4 is 10.1 Å². The van der Waals surface area contributed by atoms with Gasteiger partial charge in [0.05, 0.1) is 12.2 Å². The quantitative estimate of drug-likeness (QED) is 0.356. The van der Waals surface area contributed by atoms with Crippen LogP contribution in [0.15, 0.2) is 46.7 Å². The van der Waals surface area contributed by atoms with Crippen LogP contribution in [-0.4, -0.2) is 30.9 Å². The highest BCUT2D eigenvalue weighted by Gasteiger charge is 2.22. The van der Waals surface area contributed by atoms with Gasteiger partial charge in [-0.3, -0.25) is 4.99 Å². The minimum Gasteiger partial charge on any atom is -0.494 e. The molecule has 1 atom stereocenters. The Morgan fingerprint density at radius 3 is 2.93 bits per heavy atom. The van der Waals surface area contributed by atoms with Gasteiger partial charge in [0.2, 0.25) is 0 Å². The average Bonchev–Trinajstić information content (AvgIpc) is 3.50. The van der Waals surface area contributed by atoms with E-state index in [9.17, 15) is 9.90 Å². The maximum Gasteiger partial charge on any atom is 0.337 e. The second-order valence-corrected chi connectivity index (χ2v) is 7.75. The summed E-state index contributed by atoms with van der Waals surface area (Å²) in [5.74, 6) is 1.26. The van der Waals surface area contributed by atoms with Gasteiger partial charge in [0, 0.05) is 24.4 Å². The van der Waals surface area contributed by atoms with Crippen molar-refractivity contribution in [2.75, 3.05) is 13.2 Å². The second-order valence-electron chi connectivity index (χ2n) is 7.75. The molecule has 1 saturated carbocycles. The fourth-order valence-corrected chi connectivity index (χ4v) is 3.80. The Morgan fingerprint density at radius 1 is 1.39 bits per heavy atom. The van der Waals surface area contributed by atoms with Gasteiger partial charge in [-0.05, 0) is 74.6 Å². The predicted octanol–water partition coefficient (Wildman–Crippen LogP) is 4.45. The van der Waals surface area contributed by atoms with E-state index in [1.807, 2.05) is 0 Å². The SMILES string of the molecule is C=N/C=C\C(C(=O)O)=C(/C)NC[C@H]1CCCc2cc(OCCC3CC3)ccc21. The molecule has 2 N–H and O–H groups in total. The molecule has 3 rings (SSSR count). The lowest BCUT2D eigenvalue weighted by Crippen LogP contribution is -2.25. The van der Waals surface area contributed by atoms with Gasteiger partial charge in [-0.1, -0.05) is 18.9 Å². The Morgan fingerprint density at radius 2 is 2.21 bits per heavy atom. The fraction of sp³-hybridized carbons (Fsp3) is 0.478. The lowest BCUT2D eigenvalue weighted by Gasteiger charge is -2.27. The molecule has 2 aliphatic carbocycles. The van der Waals surface area contributed by atoms with Gasteiger partial charge < -0.3 is 15.2 Å². The van der Waals surface area contributed by atoms with Gasteiger partial charge in [0.25, 0.3) is 0 Å². The summed E-state index contributed by atoms with van der Waals surface area (Å²) in [5, 5.41) is 12.7. The molecule has 0 saturated heterocycles. The van der Waals surface area contributed by atoms with E-state index in [1.165, 1.54) is 36.2 Å². The molecule has 1 aromatic carbocycles. The zero-order valence-electron chi connectivity index (χ0n) is 16.6. The molecule has 1 aromatic rings. The number of nitrogens with zero attached hydrogens (tertiary/aromatic N) is 1. The molecule has 28 heavy (non-hydrogen) atoms. The third kappa shape index (κ3) is 5.47. The summed E-state index contributed by atoms with van der Waals surface area (Å²) in [6.07, 6.45) is 10.1. The van der Waals surface area contributed by atoms with Gasteiger partial charge in [0.1, 0.15) is 5.75 Å². The Balaban J connectivity index is 1.63. The number of allylic oxidation sites excluding steroid dienone is 1. The van der Waals surface area contributed by atoms with Gasteiger partial charge in [0.15, 0.2) is 0 Å². The van der Waals surface area contributed by atoms with Crippen molar-refractivity contribution in [2.45, 2.75) is 51.4 Å². The molecule has 2 aliphatic rings. The van der Waals surface area contributed by atoms with Crippen LogP contribution in [0.3, 0.4) is 0 Å². The number of aliphatic carboxylic acids is 1. The van der Waals surface area contributed by atoms with Crippen LogP contribution in [0.4, 0.5) is 0 Å². The fourth-order valence-electron chi connectivity index (χ4n) is 3.80. The summed E-state index contributed by atoms with van der Waals surface area (Å²) < 4.78 is 5.94. The van der Waals surface area contributed by atoms with Crippen LogP contribution in [0.5, 0.6) is 5.75 Å². The minimum atomic E-state index is -0.970. The van der Waals surface area contributed by atoms with Crippen molar-refractivity contribution in [2.24, 2.45) is 10.9 Å². The van der Waals surface area contributed by atoms with Crippen LogP contribution in [0, 0.1) is 5.92 Å². The first-order valence-corrected chi connectivity index (χ1v) is 10.1. The first kappa shape index (κ1) is 20.2. The monoisotopic (exact) mass is 382 g/mol. The second kappa shape index (κ2) is 9.58. The third-order valence-corrected chi connectivity index (χ3v) is 5.64. The minimum absolute atomic E-state index is 0.211. The Labute approximate surface area is 167 Å². The zero-order chi connectivity index (χ0) is 19.9. The molecule has 5 nitrogen and oxygen atoms in total. The van der Waals surface area contributed by atoms with E-state index in [-0.39, 0.29) is 5.57 Å². The molecular formula is C23H30N2O3. The highest BCUT2D eigenvalue weighted by atomic mass is 16.5. The molecule has 0 aromatic heterocycles. The van der Waals surface area contributed by atoms with Gasteiger partial charge >= 0.3 is 5.97 Å². The zero-order valence-corrected chi connectivity index (χ0v) is 16.6. The summed E-state index contributed by atoms with van der Waals surface area (Å²) in [6.45, 7) is 6.66. The number of carboxylic acids is 1. The molecule has 0 spiro atoms. The number of carboxylic acid groups (broad SMARTS) is 1. The number of rotatable bonds is 10. The van der Waals surface area contributed by atoms with Crippen molar-refractivity contribution in [1.29, 1.82) is 0 Å². The van der Waals surface area contributed by atoms with E-state index in [1.54, 1.807) is 6.92 Å². The maximum atomic E-state index is 11.4. The smallest absolute Gasteiger partial charge is 0.337 e. The number of nitrogens with one attached hydrogen (secondary N) is 1. The van der Waals surface area contributed by atoms with E-state index in [2.05, 4.69) is 35.2 Å². The number of aryl methyl sites for hydroxylation is 1. The highest BCUT2D eigenvalue weighted by Crippen LogP contribution is 2.35. The van der Waals surface area contributed by atoms with Crippen molar-refractivity contribution in [3.63, 3.8) is 0 Å². The van der Waals surface area contributed by atoms with E-state index in [4.69, 9.17) is 4.74 Å². The van der Waals surface area contributed by atoms with Crippen molar-refractivity contribution < 1.29 is 14.6 Å². The van der Waals surface area contributed by atoms with Crippen LogP contribution >= 0.6 is 0 Å². The van der Waals surface area contributed by atoms with Gasteiger partial charge in [-0.15, -0.1) is 0 Å². The lowest BCUT2D eigenvalue weighted by atomic mass is 9.82. The molecule has 0 heterocycles. The first-order valence-electron chi connectivity index (χ1n) is 10.1. The molecule has 5 heteroatoms. The van der Waals surface area contributed by atoms with Crippen molar-refractivity contribution in [1.82, 2.24) is 5.32 Å². The summed E-state index contributed by atoms with van der Waals surface area (Å²) >= 11 is 0. The van der Waals surface area contributed by atoms with Crippen LogP contribution in [0.1, 0.15) is 56.1 Å². The molecule has 0 aliphatic heterocycles. The van der Waals surface area contributed by atoms with Crippen molar-refractivity contribution in [3.05, 3.63) is 52.9 Å². The molecule has 0 unspecified atom stereocenters. The largest absolute Gasteiger partial charge is 0.494 e. The van der Waals surface area contributed by atoms with E-state index < -0.39 is 5.97 Å². The van der Waals surface area contributed by atoms with Gasteiger partial charge in [-0.2, -0.15) is 0 Å². The van der Waals surface area contributed by atoms with Crippen LogP contribution in [-0.2, 0) is 11.2 Å². The number of hydrogen-bond donors (Lipinski definition) is 2. The Bertz CT molecular complexity index is 778. The number of carbonyl (C=O) groups is 1. The normalized spacial score (nSPS) is 19.7. The summed E-state index contributed by atoms with van der Waals surface area (Å²) in [4.78, 5) is 15.0. The molecule has 1 fully saturated rings.